The predicted molar refractivity (Wildman–Crippen MR) is 138 cm³/mol. The van der Waals surface area contributed by atoms with Gasteiger partial charge in [-0.2, -0.15) is 5.26 Å². The van der Waals surface area contributed by atoms with Gasteiger partial charge in [0.1, 0.15) is 11.7 Å². The molecule has 5 rings (SSSR count). The highest BCUT2D eigenvalue weighted by molar-refractivity contribution is 5.85. The van der Waals surface area contributed by atoms with Gasteiger partial charge < -0.3 is 29.2 Å². The number of ether oxygens (including phenoxy) is 2. The zero-order valence-corrected chi connectivity index (χ0v) is 21.3. The monoisotopic (exact) mass is 492 g/mol. The highest BCUT2D eigenvalue weighted by atomic mass is 19.1. The summed E-state index contributed by atoms with van der Waals surface area (Å²) in [7, 11) is 5.22. The summed E-state index contributed by atoms with van der Waals surface area (Å²) in [6.45, 7) is 4.70. The van der Waals surface area contributed by atoms with Crippen LogP contribution in [0.25, 0.3) is 11.0 Å². The number of piperazine rings is 1. The Bertz CT molecular complexity index is 1270. The molecule has 2 fully saturated rings. The summed E-state index contributed by atoms with van der Waals surface area (Å²) in [5, 5.41) is 13.5. The Morgan fingerprint density at radius 3 is 2.31 bits per heavy atom. The van der Waals surface area contributed by atoms with Gasteiger partial charge in [0.05, 0.1) is 5.56 Å². The molecule has 0 amide bonds. The number of halogens is 1. The number of methoxy groups -OCH3 is 2. The Morgan fingerprint density at radius 2 is 1.72 bits per heavy atom. The first kappa shape index (κ1) is 24.5. The van der Waals surface area contributed by atoms with Crippen molar-refractivity contribution >= 4 is 22.5 Å². The molecule has 0 bridgehead atoms. The van der Waals surface area contributed by atoms with E-state index in [1.807, 2.05) is 37.2 Å². The van der Waals surface area contributed by atoms with Gasteiger partial charge >= 0.3 is 0 Å². The van der Waals surface area contributed by atoms with E-state index in [4.69, 9.17) is 14.5 Å². The number of benzene rings is 1. The van der Waals surface area contributed by atoms with Crippen molar-refractivity contribution in [2.75, 3.05) is 57.2 Å². The molecule has 0 radical (unpaired) electrons. The minimum Gasteiger partial charge on any atom is -0.368 e. The third-order valence-corrected chi connectivity index (χ3v) is 7.89. The maximum atomic E-state index is 15.2. The van der Waals surface area contributed by atoms with Crippen LogP contribution in [0.4, 0.5) is 15.9 Å². The Balaban J connectivity index is 1.33. The zero-order valence-electron chi connectivity index (χ0n) is 21.3. The van der Waals surface area contributed by atoms with Gasteiger partial charge in [0.15, 0.2) is 17.4 Å². The van der Waals surface area contributed by atoms with Crippen LogP contribution in [0.15, 0.2) is 36.5 Å². The average molecular weight is 493 g/mol. The van der Waals surface area contributed by atoms with Crippen molar-refractivity contribution in [1.82, 2.24) is 14.9 Å². The summed E-state index contributed by atoms with van der Waals surface area (Å²) in [4.78, 5) is 9.07. The number of aromatic nitrogens is 2. The maximum absolute atomic E-state index is 15.2. The largest absolute Gasteiger partial charge is 0.368 e. The fourth-order valence-electron chi connectivity index (χ4n) is 5.24. The van der Waals surface area contributed by atoms with E-state index in [9.17, 15) is 5.26 Å². The van der Waals surface area contributed by atoms with E-state index < -0.39 is 5.79 Å². The molecule has 0 unspecified atom stereocenters. The number of nitrogens with one attached hydrogen (secondary N) is 1. The average Bonchev–Trinajstić information content (AvgIpc) is 3.24. The minimum atomic E-state index is -0.782. The van der Waals surface area contributed by atoms with Crippen molar-refractivity contribution in [3.8, 4) is 6.07 Å². The number of rotatable bonds is 7. The fraction of sp³-hybridized carbons (Fsp3) is 0.481. The van der Waals surface area contributed by atoms with Crippen molar-refractivity contribution in [3.63, 3.8) is 0 Å². The van der Waals surface area contributed by atoms with Gasteiger partial charge in [-0.05, 0) is 45.0 Å². The predicted octanol–water partition coefficient (Wildman–Crippen LogP) is 3.76. The van der Waals surface area contributed by atoms with Gasteiger partial charge in [0.2, 0.25) is 0 Å². The lowest BCUT2D eigenvalue weighted by molar-refractivity contribution is -0.201. The van der Waals surface area contributed by atoms with E-state index >= 15 is 4.39 Å². The van der Waals surface area contributed by atoms with Crippen molar-refractivity contribution in [2.45, 2.75) is 37.6 Å². The number of nitriles is 1. The molecular formula is C27H33FN6O2. The highest BCUT2D eigenvalue weighted by Gasteiger charge is 2.32. The van der Waals surface area contributed by atoms with Gasteiger partial charge in [-0.15, -0.1) is 0 Å². The summed E-state index contributed by atoms with van der Waals surface area (Å²) in [5.41, 5.74) is 3.22. The van der Waals surface area contributed by atoms with Crippen LogP contribution < -0.4 is 15.1 Å². The quantitative estimate of drug-likeness (QED) is 0.503. The third-order valence-electron chi connectivity index (χ3n) is 7.89. The number of pyridine rings is 1. The molecule has 1 aromatic carbocycles. The molecule has 1 saturated heterocycles. The second-order valence-corrected chi connectivity index (χ2v) is 9.71. The van der Waals surface area contributed by atoms with Crippen molar-refractivity contribution < 1.29 is 13.9 Å². The summed E-state index contributed by atoms with van der Waals surface area (Å²) < 4.78 is 28.3. The van der Waals surface area contributed by atoms with Gasteiger partial charge in [0, 0.05) is 75.3 Å². The topological polar surface area (TPSA) is 78.6 Å². The Labute approximate surface area is 211 Å². The SMILES string of the molecule is CNC1CC(n2cc(C#N)c3cc(F)c(N4CCN(c5ccc(C(C)(OC)OC)cc5)CC4)nc32)C1. The van der Waals surface area contributed by atoms with E-state index in [0.717, 1.165) is 37.2 Å². The maximum Gasteiger partial charge on any atom is 0.191 e. The lowest BCUT2D eigenvalue weighted by Gasteiger charge is -2.38. The van der Waals surface area contributed by atoms with E-state index in [1.54, 1.807) is 14.2 Å². The molecule has 0 atom stereocenters. The van der Waals surface area contributed by atoms with Crippen LogP contribution in [0.2, 0.25) is 0 Å². The molecule has 9 heteroatoms. The second-order valence-electron chi connectivity index (χ2n) is 9.71. The second kappa shape index (κ2) is 9.69. The third kappa shape index (κ3) is 4.19. The van der Waals surface area contributed by atoms with Crippen LogP contribution in [0.5, 0.6) is 0 Å². The molecule has 2 aromatic heterocycles. The number of anilines is 2. The number of fused-ring (bicyclic) bond motifs is 1. The Morgan fingerprint density at radius 1 is 1.08 bits per heavy atom. The van der Waals surface area contributed by atoms with E-state index in [0.29, 0.717) is 41.5 Å². The number of nitrogens with zero attached hydrogens (tertiary/aromatic N) is 5. The minimum absolute atomic E-state index is 0.274. The molecular weight excluding hydrogens is 459 g/mol. The first-order valence-electron chi connectivity index (χ1n) is 12.4. The molecule has 3 aromatic rings. The Hall–Kier alpha value is -3.19. The molecule has 1 N–H and O–H groups in total. The lowest BCUT2D eigenvalue weighted by atomic mass is 9.87. The summed E-state index contributed by atoms with van der Waals surface area (Å²) >= 11 is 0. The molecule has 1 aliphatic carbocycles. The smallest absolute Gasteiger partial charge is 0.191 e. The lowest BCUT2D eigenvalue weighted by Crippen LogP contribution is -2.47. The molecule has 1 saturated carbocycles. The Kier molecular flexibility index (Phi) is 6.60. The van der Waals surface area contributed by atoms with Crippen molar-refractivity contribution in [1.29, 1.82) is 5.26 Å². The highest BCUT2D eigenvalue weighted by Crippen LogP contribution is 2.37. The molecule has 3 heterocycles. The summed E-state index contributed by atoms with van der Waals surface area (Å²) in [6.07, 6.45) is 3.78. The summed E-state index contributed by atoms with van der Waals surface area (Å²) in [6, 6.07) is 12.6. The van der Waals surface area contributed by atoms with Crippen LogP contribution in [0.1, 0.15) is 36.9 Å². The van der Waals surface area contributed by atoms with Gasteiger partial charge in [0.25, 0.3) is 0 Å². The van der Waals surface area contributed by atoms with Crippen LogP contribution in [-0.2, 0) is 15.3 Å². The first-order chi connectivity index (χ1) is 17.4. The number of hydrogen-bond donors (Lipinski definition) is 1. The van der Waals surface area contributed by atoms with Crippen molar-refractivity contribution in [2.24, 2.45) is 0 Å². The van der Waals surface area contributed by atoms with Crippen LogP contribution in [-0.4, -0.2) is 63.0 Å². The normalized spacial score (nSPS) is 20.4. The molecule has 0 spiro atoms. The van der Waals surface area contributed by atoms with Gasteiger partial charge in [-0.3, -0.25) is 0 Å². The van der Waals surface area contributed by atoms with Crippen LogP contribution in [0.3, 0.4) is 0 Å². The van der Waals surface area contributed by atoms with E-state index in [-0.39, 0.29) is 11.9 Å². The van der Waals surface area contributed by atoms with Crippen LogP contribution in [0, 0.1) is 17.1 Å². The van der Waals surface area contributed by atoms with Crippen molar-refractivity contribution in [3.05, 3.63) is 53.5 Å². The molecule has 190 valence electrons. The molecule has 8 nitrogen and oxygen atoms in total. The molecule has 2 aliphatic rings. The van der Waals surface area contributed by atoms with Gasteiger partial charge in [-0.25, -0.2) is 9.37 Å². The number of hydrogen-bond acceptors (Lipinski definition) is 7. The zero-order chi connectivity index (χ0) is 25.4. The van der Waals surface area contributed by atoms with E-state index in [1.165, 1.54) is 6.07 Å². The first-order valence-corrected chi connectivity index (χ1v) is 12.4. The molecule has 1 aliphatic heterocycles. The molecule has 36 heavy (non-hydrogen) atoms. The van der Waals surface area contributed by atoms with Crippen LogP contribution >= 0.6 is 0 Å². The standard InChI is InChI=1S/C27H33FN6O2/c1-27(35-3,36-4)19-5-7-21(8-6-19)32-9-11-33(12-10-32)26-24(28)15-23-18(16-29)17-34(25(23)31-26)22-13-20(14-22)30-2/h5-8,15,17,20,22,30H,9-14H2,1-4H3. The van der Waals surface area contributed by atoms with Gasteiger partial charge in [-0.1, -0.05) is 12.1 Å². The summed E-state index contributed by atoms with van der Waals surface area (Å²) in [5.74, 6) is -0.799. The van der Waals surface area contributed by atoms with E-state index in [2.05, 4.69) is 33.0 Å². The fourth-order valence-corrected chi connectivity index (χ4v) is 5.24.